The average molecular weight is 730 g/mol. The molecule has 4 aromatic rings. The van der Waals surface area contributed by atoms with E-state index in [2.05, 4.69) is 58.2 Å². The molecule has 256 valence electrons. The fourth-order valence-electron chi connectivity index (χ4n) is 7.80. The third-order valence-electron chi connectivity index (χ3n) is 10.5. The van der Waals surface area contributed by atoms with E-state index in [1.807, 2.05) is 37.4 Å². The molecule has 8 rings (SSSR count). The lowest BCUT2D eigenvalue weighted by Crippen LogP contribution is -2.56. The largest absolute Gasteiger partial charge is 0.544 e. The van der Waals surface area contributed by atoms with Gasteiger partial charge in [-0.2, -0.15) is 0 Å². The molecule has 3 unspecified atom stereocenters. The number of carbonyl (C=O) groups is 1. The summed E-state index contributed by atoms with van der Waals surface area (Å²) < 4.78 is 32.0. The van der Waals surface area contributed by atoms with Crippen molar-refractivity contribution in [2.75, 3.05) is 55.1 Å². The quantitative estimate of drug-likeness (QED) is 0.225. The predicted octanol–water partition coefficient (Wildman–Crippen LogP) is 6.18. The summed E-state index contributed by atoms with van der Waals surface area (Å²) in [4.78, 5) is 14.5. The van der Waals surface area contributed by atoms with E-state index in [0.29, 0.717) is 70.5 Å². The topological polar surface area (TPSA) is 89.5 Å². The average Bonchev–Trinajstić information content (AvgIpc) is 3.08. The van der Waals surface area contributed by atoms with Gasteiger partial charge in [0.1, 0.15) is 28.6 Å². The molecular weight excluding hydrogens is 688 g/mol. The van der Waals surface area contributed by atoms with Crippen LogP contribution in [-0.2, 0) is 30.5 Å². The highest BCUT2D eigenvalue weighted by molar-refractivity contribution is 9.10. The Labute approximate surface area is 295 Å². The summed E-state index contributed by atoms with van der Waals surface area (Å²) in [7, 11) is 9.11. The van der Waals surface area contributed by atoms with E-state index in [-0.39, 0.29) is 18.6 Å². The first kappa shape index (κ1) is 33.3. The molecule has 0 saturated heterocycles. The standard InChI is InChI=1S/C39H41BrN2O7/c1-41-14-12-26-20-35(47-5)38(40)39-37(26)29(41)16-24-8-11-31(45-3)33(18-24)48-27-9-6-23(7-10-27)17-30-28-21-34(49-39)32(46-4)19-25(28)13-15-42(30,2)22-36(43)44/h6-11,18-21,29-30H,12-17,22H2,1-5H3. The lowest BCUT2D eigenvalue weighted by Gasteiger charge is -2.46. The van der Waals surface area contributed by atoms with E-state index < -0.39 is 5.97 Å². The molecule has 9 nitrogen and oxygen atoms in total. The third kappa shape index (κ3) is 6.22. The second-order valence-corrected chi connectivity index (χ2v) is 14.3. The maximum absolute atomic E-state index is 12.1. The van der Waals surface area contributed by atoms with E-state index in [4.69, 9.17) is 23.7 Å². The van der Waals surface area contributed by atoms with Crippen LogP contribution in [0.3, 0.4) is 0 Å². The Kier molecular flexibility index (Phi) is 8.98. The Bertz CT molecular complexity index is 1910. The fraction of sp³-hybridized carbons (Fsp3) is 0.359. The number of hydrogen-bond acceptors (Lipinski definition) is 8. The number of fused-ring (bicyclic) bond motifs is 2. The number of quaternary nitrogens is 1. The highest BCUT2D eigenvalue weighted by Gasteiger charge is 2.41. The van der Waals surface area contributed by atoms with Crippen molar-refractivity contribution >= 4 is 21.9 Å². The van der Waals surface area contributed by atoms with Gasteiger partial charge in [-0.1, -0.05) is 18.2 Å². The first-order chi connectivity index (χ1) is 23.6. The van der Waals surface area contributed by atoms with Crippen LogP contribution in [0, 0.1) is 0 Å². The Balaban J connectivity index is 1.47. The molecule has 4 aliphatic rings. The van der Waals surface area contributed by atoms with Crippen LogP contribution in [0.15, 0.2) is 65.1 Å². The SMILES string of the molecule is COc1ccc2cc1Oc1ccc(cc1)CC1c3cc(c(OC)cc3CC[N+]1(C)CC(=O)[O-])Oc1c(Br)c(OC)cc3c1C(C2)N(C)CC3. The molecule has 49 heavy (non-hydrogen) atoms. The van der Waals surface area contributed by atoms with Gasteiger partial charge < -0.3 is 38.1 Å². The van der Waals surface area contributed by atoms with Crippen molar-refractivity contribution in [2.45, 2.75) is 37.8 Å². The minimum absolute atomic E-state index is 0.0280. The van der Waals surface area contributed by atoms with Crippen molar-refractivity contribution < 1.29 is 38.1 Å². The molecule has 0 spiro atoms. The van der Waals surface area contributed by atoms with Crippen molar-refractivity contribution in [2.24, 2.45) is 0 Å². The number of likely N-dealkylation sites (N-methyl/N-ethyl adjacent to an activating group) is 2. The minimum Gasteiger partial charge on any atom is -0.544 e. The van der Waals surface area contributed by atoms with Gasteiger partial charge in [0.25, 0.3) is 0 Å². The number of ether oxygens (including phenoxy) is 5. The van der Waals surface area contributed by atoms with Crippen molar-refractivity contribution in [1.82, 2.24) is 4.90 Å². The Morgan fingerprint density at radius 1 is 0.878 bits per heavy atom. The van der Waals surface area contributed by atoms with Crippen molar-refractivity contribution in [3.8, 4) is 40.2 Å². The summed E-state index contributed by atoms with van der Waals surface area (Å²) in [6.45, 7) is 1.41. The minimum atomic E-state index is -1.07. The number of methoxy groups -OCH3 is 3. The normalized spacial score (nSPS) is 21.3. The highest BCUT2D eigenvalue weighted by atomic mass is 79.9. The second-order valence-electron chi connectivity index (χ2n) is 13.5. The zero-order valence-corrected chi connectivity index (χ0v) is 30.1. The molecule has 0 fully saturated rings. The van der Waals surface area contributed by atoms with Gasteiger partial charge in [-0.05, 0) is 101 Å². The molecule has 0 aliphatic carbocycles. The van der Waals surface area contributed by atoms with Crippen molar-refractivity contribution in [1.29, 1.82) is 0 Å². The van der Waals surface area contributed by atoms with Gasteiger partial charge in [-0.3, -0.25) is 4.90 Å². The van der Waals surface area contributed by atoms with Gasteiger partial charge in [0.15, 0.2) is 28.7 Å². The predicted molar refractivity (Wildman–Crippen MR) is 187 cm³/mol. The van der Waals surface area contributed by atoms with E-state index in [1.165, 1.54) is 0 Å². The first-order valence-electron chi connectivity index (χ1n) is 16.6. The van der Waals surface area contributed by atoms with Crippen molar-refractivity contribution in [3.63, 3.8) is 0 Å². The number of carboxylic acid groups (broad SMARTS) is 1. The number of nitrogens with zero attached hydrogens (tertiary/aromatic N) is 2. The number of carbonyl (C=O) groups excluding carboxylic acids is 1. The molecule has 0 aromatic heterocycles. The van der Waals surface area contributed by atoms with Gasteiger partial charge in [-0.15, -0.1) is 0 Å². The van der Waals surface area contributed by atoms with E-state index in [0.717, 1.165) is 50.8 Å². The highest BCUT2D eigenvalue weighted by Crippen LogP contribution is 2.51. The zero-order valence-electron chi connectivity index (χ0n) is 28.5. The summed E-state index contributed by atoms with van der Waals surface area (Å²) in [6.07, 6.45) is 2.83. The first-order valence-corrected chi connectivity index (χ1v) is 17.4. The van der Waals surface area contributed by atoms with Crippen LogP contribution >= 0.6 is 15.9 Å². The summed E-state index contributed by atoms with van der Waals surface area (Å²) in [5.41, 5.74) is 6.54. The molecule has 6 bridgehead atoms. The molecule has 0 saturated carbocycles. The van der Waals surface area contributed by atoms with Crippen molar-refractivity contribution in [3.05, 3.63) is 98.5 Å². The molecule has 3 atom stereocenters. The van der Waals surface area contributed by atoms with Gasteiger partial charge in [-0.25, -0.2) is 0 Å². The lowest BCUT2D eigenvalue weighted by molar-refractivity contribution is -0.936. The molecule has 0 amide bonds. The smallest absolute Gasteiger partial charge is 0.169 e. The Morgan fingerprint density at radius 3 is 2.29 bits per heavy atom. The van der Waals surface area contributed by atoms with Gasteiger partial charge in [0.05, 0.1) is 40.9 Å². The van der Waals surface area contributed by atoms with Gasteiger partial charge >= 0.3 is 0 Å². The van der Waals surface area contributed by atoms with Crippen LogP contribution in [-0.4, -0.2) is 70.4 Å². The summed E-state index contributed by atoms with van der Waals surface area (Å²) >= 11 is 3.85. The zero-order chi connectivity index (χ0) is 34.4. The van der Waals surface area contributed by atoms with E-state index in [9.17, 15) is 9.90 Å². The maximum Gasteiger partial charge on any atom is 0.169 e. The van der Waals surface area contributed by atoms with Crippen LogP contribution in [0.2, 0.25) is 0 Å². The van der Waals surface area contributed by atoms with Crippen LogP contribution in [0.25, 0.3) is 0 Å². The molecule has 4 aliphatic heterocycles. The lowest BCUT2D eigenvalue weighted by atomic mass is 9.86. The molecule has 10 heteroatoms. The van der Waals surface area contributed by atoms with Crippen LogP contribution in [0.4, 0.5) is 0 Å². The van der Waals surface area contributed by atoms with Crippen LogP contribution in [0.5, 0.6) is 40.2 Å². The van der Waals surface area contributed by atoms with E-state index >= 15 is 0 Å². The molecular formula is C39H41BrN2O7. The Morgan fingerprint density at radius 2 is 1.57 bits per heavy atom. The van der Waals surface area contributed by atoms with E-state index in [1.54, 1.807) is 21.3 Å². The number of rotatable bonds is 5. The summed E-state index contributed by atoms with van der Waals surface area (Å²) in [6, 6.07) is 20.1. The second kappa shape index (κ2) is 13.2. The number of benzene rings is 4. The number of carboxylic acids is 1. The Hall–Kier alpha value is -4.25. The summed E-state index contributed by atoms with van der Waals surface area (Å²) in [5, 5.41) is 12.1. The molecule has 0 N–H and O–H groups in total. The monoisotopic (exact) mass is 728 g/mol. The third-order valence-corrected chi connectivity index (χ3v) is 11.3. The van der Waals surface area contributed by atoms with Gasteiger partial charge in [0, 0.05) is 36.6 Å². The number of halogens is 1. The number of hydrogen-bond donors (Lipinski definition) is 0. The summed E-state index contributed by atoms with van der Waals surface area (Å²) in [5.74, 6) is 3.44. The number of aliphatic carboxylic acids is 1. The molecule has 4 heterocycles. The molecule has 0 radical (unpaired) electrons. The fourth-order valence-corrected chi connectivity index (χ4v) is 8.37. The van der Waals surface area contributed by atoms with Gasteiger partial charge in [0.2, 0.25) is 0 Å². The maximum atomic E-state index is 12.1. The molecule has 4 aromatic carbocycles. The van der Waals surface area contributed by atoms with Crippen LogP contribution in [0.1, 0.15) is 45.5 Å². The van der Waals surface area contributed by atoms with Crippen LogP contribution < -0.4 is 28.8 Å².